The summed E-state index contributed by atoms with van der Waals surface area (Å²) < 4.78 is 25.4. The molecule has 0 aromatic heterocycles. The van der Waals surface area contributed by atoms with E-state index in [0.717, 1.165) is 12.5 Å². The van der Waals surface area contributed by atoms with Crippen molar-refractivity contribution in [1.29, 1.82) is 0 Å². The molecule has 0 bridgehead atoms. The van der Waals surface area contributed by atoms with E-state index >= 15 is 0 Å². The predicted molar refractivity (Wildman–Crippen MR) is 89.3 cm³/mol. The molecule has 4 nitrogen and oxygen atoms in total. The van der Waals surface area contributed by atoms with E-state index in [4.69, 9.17) is 17.1 Å². The van der Waals surface area contributed by atoms with Crippen LogP contribution in [0.3, 0.4) is 0 Å². The van der Waals surface area contributed by atoms with Crippen LogP contribution in [0.1, 0.15) is 34.1 Å². The van der Waals surface area contributed by atoms with E-state index < -0.39 is 31.5 Å². The molecule has 0 saturated carbocycles. The largest absolute Gasteiger partial charge is 0.415 e. The van der Waals surface area contributed by atoms with Gasteiger partial charge in [-0.25, -0.2) is 0 Å². The molecule has 2 atom stereocenters. The van der Waals surface area contributed by atoms with Gasteiger partial charge in [-0.15, -0.1) is 0 Å². The maximum Gasteiger partial charge on any atom is 0.328 e. The molecule has 120 valence electrons. The van der Waals surface area contributed by atoms with Crippen LogP contribution in [0.15, 0.2) is 0 Å². The summed E-state index contributed by atoms with van der Waals surface area (Å²) in [6, 6.07) is 0.984. The Morgan fingerprint density at radius 1 is 0.900 bits per heavy atom. The van der Waals surface area contributed by atoms with Crippen molar-refractivity contribution in [2.75, 3.05) is 0 Å². The summed E-state index contributed by atoms with van der Waals surface area (Å²) in [4.78, 5) is 0. The van der Waals surface area contributed by atoms with Crippen molar-refractivity contribution < 1.29 is 17.1 Å². The fourth-order valence-corrected chi connectivity index (χ4v) is 17.3. The minimum atomic E-state index is -2.30. The average Bonchev–Trinajstić information content (AvgIpc) is 2.07. The quantitative estimate of drug-likeness (QED) is 0.719. The molecule has 0 amide bonds. The van der Waals surface area contributed by atoms with Crippen LogP contribution in [-0.2, 0) is 17.1 Å². The number of hydrogen-bond acceptors (Lipinski definition) is 4. The second kappa shape index (κ2) is 5.94. The van der Waals surface area contributed by atoms with Crippen LogP contribution in [0.25, 0.3) is 0 Å². The normalized spacial score (nSPS) is 34.0. The highest BCUT2D eigenvalue weighted by molar-refractivity contribution is 6.85. The molecule has 0 radical (unpaired) electrons. The molecule has 1 heterocycles. The second-order valence-electron chi connectivity index (χ2n) is 7.46. The highest BCUT2D eigenvalue weighted by atomic mass is 28.5. The van der Waals surface area contributed by atoms with Gasteiger partial charge in [0, 0.05) is 0 Å². The third kappa shape index (κ3) is 5.70. The topological polar surface area (TPSA) is 36.9 Å². The zero-order valence-corrected chi connectivity index (χ0v) is 17.6. The maximum atomic E-state index is 6.50. The molecule has 1 aliphatic rings. The zero-order valence-electron chi connectivity index (χ0n) is 14.6. The van der Waals surface area contributed by atoms with Crippen molar-refractivity contribution in [2.24, 2.45) is 5.92 Å². The van der Waals surface area contributed by atoms with E-state index in [-0.39, 0.29) is 0 Å². The molecule has 0 N–H and O–H groups in total. The fraction of sp³-hybridized carbons (Fsp3) is 1.00. The van der Waals surface area contributed by atoms with Crippen molar-refractivity contribution in [3.05, 3.63) is 0 Å². The van der Waals surface area contributed by atoms with Crippen molar-refractivity contribution >= 4 is 25.7 Å². The van der Waals surface area contributed by atoms with Gasteiger partial charge in [0.05, 0.1) is 0 Å². The van der Waals surface area contributed by atoms with Crippen LogP contribution in [0.5, 0.6) is 0 Å². The lowest BCUT2D eigenvalue weighted by molar-refractivity contribution is -0.123. The van der Waals surface area contributed by atoms with Crippen LogP contribution in [0, 0.1) is 5.92 Å². The monoisotopic (exact) mass is 336 g/mol. The molecule has 1 aliphatic heterocycles. The Morgan fingerprint density at radius 3 is 1.95 bits per heavy atom. The Morgan fingerprint density at radius 2 is 1.45 bits per heavy atom. The van der Waals surface area contributed by atoms with Gasteiger partial charge < -0.3 is 17.1 Å². The summed E-state index contributed by atoms with van der Waals surface area (Å²) >= 11 is 0. The molecule has 2 unspecified atom stereocenters. The third-order valence-corrected chi connectivity index (χ3v) is 14.3. The van der Waals surface area contributed by atoms with Gasteiger partial charge in [-0.1, -0.05) is 20.3 Å². The Labute approximate surface area is 127 Å². The molecular weight excluding hydrogens is 304 g/mol. The first-order valence-electron chi connectivity index (χ1n) is 7.59. The lowest BCUT2D eigenvalue weighted by Gasteiger charge is -2.48. The molecule has 0 aromatic carbocycles. The zero-order chi connectivity index (χ0) is 15.8. The van der Waals surface area contributed by atoms with E-state index in [1.54, 1.807) is 0 Å². The van der Waals surface area contributed by atoms with Crippen LogP contribution in [0.2, 0.25) is 38.8 Å². The standard InChI is InChI=1S/C13H32O4Si3/c1-10-12(2)11-20(9)15-13(3,4)14-18(5,6)16-19(7,8)17-20/h12H,10-11H2,1-9H3. The minimum Gasteiger partial charge on any atom is -0.415 e. The maximum absolute atomic E-state index is 6.50. The average molecular weight is 337 g/mol. The summed E-state index contributed by atoms with van der Waals surface area (Å²) in [5.41, 5.74) is 0. The molecule has 1 rings (SSSR count). The van der Waals surface area contributed by atoms with Crippen molar-refractivity contribution in [3.63, 3.8) is 0 Å². The van der Waals surface area contributed by atoms with Crippen molar-refractivity contribution in [3.8, 4) is 0 Å². The van der Waals surface area contributed by atoms with Gasteiger partial charge in [-0.2, -0.15) is 0 Å². The lowest BCUT2D eigenvalue weighted by Crippen LogP contribution is -2.63. The van der Waals surface area contributed by atoms with Crippen molar-refractivity contribution in [1.82, 2.24) is 0 Å². The number of rotatable bonds is 3. The molecule has 0 aliphatic carbocycles. The van der Waals surface area contributed by atoms with E-state index in [9.17, 15) is 0 Å². The van der Waals surface area contributed by atoms with Crippen LogP contribution in [-0.4, -0.2) is 31.5 Å². The Hall–Kier alpha value is 0.491. The minimum absolute atomic E-state index is 0.594. The fourth-order valence-electron chi connectivity index (χ4n) is 3.17. The van der Waals surface area contributed by atoms with Gasteiger partial charge >= 0.3 is 25.7 Å². The molecule has 1 fully saturated rings. The Kier molecular flexibility index (Phi) is 5.51. The first-order valence-corrected chi connectivity index (χ1v) is 15.7. The van der Waals surface area contributed by atoms with Gasteiger partial charge in [0.1, 0.15) is 5.79 Å². The first-order chi connectivity index (χ1) is 8.78. The van der Waals surface area contributed by atoms with Gasteiger partial charge in [0.25, 0.3) is 0 Å². The van der Waals surface area contributed by atoms with Gasteiger partial charge in [0.2, 0.25) is 0 Å². The van der Waals surface area contributed by atoms with Gasteiger partial charge in [0.15, 0.2) is 0 Å². The molecular formula is C13H32O4Si3. The van der Waals surface area contributed by atoms with Gasteiger partial charge in [-0.3, -0.25) is 0 Å². The van der Waals surface area contributed by atoms with Crippen molar-refractivity contribution in [2.45, 2.75) is 78.7 Å². The first kappa shape index (κ1) is 18.5. The summed E-state index contributed by atoms with van der Waals surface area (Å²) in [7, 11) is -6.74. The predicted octanol–water partition coefficient (Wildman–Crippen LogP) is 4.32. The SMILES string of the molecule is CCC(C)C[Si]1(C)OC(C)(C)O[Si](C)(C)O[Si](C)(C)O1. The molecule has 0 aromatic rings. The Bertz CT molecular complexity index is 323. The molecule has 1 saturated heterocycles. The van der Waals surface area contributed by atoms with E-state index in [0.29, 0.717) is 5.92 Å². The molecule has 0 spiro atoms. The third-order valence-electron chi connectivity index (χ3n) is 3.32. The highest BCUT2D eigenvalue weighted by Gasteiger charge is 2.51. The summed E-state index contributed by atoms with van der Waals surface area (Å²) in [5.74, 6) is -0.0355. The lowest BCUT2D eigenvalue weighted by atomic mass is 10.2. The Balaban J connectivity index is 3.02. The molecule has 7 heteroatoms. The summed E-state index contributed by atoms with van der Waals surface area (Å²) in [6.45, 7) is 18.9. The van der Waals surface area contributed by atoms with Crippen LogP contribution >= 0.6 is 0 Å². The highest BCUT2D eigenvalue weighted by Crippen LogP contribution is 2.35. The summed E-state index contributed by atoms with van der Waals surface area (Å²) in [6.07, 6.45) is 1.14. The van der Waals surface area contributed by atoms with E-state index in [1.165, 1.54) is 0 Å². The van der Waals surface area contributed by atoms with Crippen LogP contribution < -0.4 is 0 Å². The van der Waals surface area contributed by atoms with Crippen LogP contribution in [0.4, 0.5) is 0 Å². The smallest absolute Gasteiger partial charge is 0.328 e. The number of hydrogen-bond donors (Lipinski definition) is 0. The van der Waals surface area contributed by atoms with E-state index in [2.05, 4.69) is 46.6 Å². The molecule has 20 heavy (non-hydrogen) atoms. The summed E-state index contributed by atoms with van der Waals surface area (Å²) in [5, 5.41) is 0. The second-order valence-corrected chi connectivity index (χ2v) is 17.8. The van der Waals surface area contributed by atoms with Gasteiger partial charge in [-0.05, 0) is 58.5 Å². The van der Waals surface area contributed by atoms with E-state index in [1.807, 2.05) is 13.8 Å².